The van der Waals surface area contributed by atoms with E-state index in [9.17, 15) is 23.1 Å². The zero-order chi connectivity index (χ0) is 21.7. The minimum absolute atomic E-state index is 0.0246. The third-order valence-electron chi connectivity index (χ3n) is 4.35. The van der Waals surface area contributed by atoms with Gasteiger partial charge in [-0.1, -0.05) is 41.6 Å². The first-order chi connectivity index (χ1) is 14.3. The number of carbonyl (C=O) groups excluding carboxylic acids is 1. The number of amides is 1. The van der Waals surface area contributed by atoms with E-state index < -0.39 is 11.7 Å². The average molecular weight is 435 g/mol. The average Bonchev–Trinajstić information content (AvgIpc) is 3.09. The SMILES string of the molecule is Cc1ccc(Cn2c(CO)cnc2SCC(=O)Nc2ccc(C(F)(F)F)cc2)cc1. The van der Waals surface area contributed by atoms with Crippen molar-refractivity contribution in [3.63, 3.8) is 0 Å². The molecule has 158 valence electrons. The number of carbonyl (C=O) groups is 1. The van der Waals surface area contributed by atoms with E-state index >= 15 is 0 Å². The molecule has 2 N–H and O–H groups in total. The molecule has 0 aliphatic heterocycles. The standard InChI is InChI=1S/C21H20F3N3O2S/c1-14-2-4-15(5-3-14)11-27-18(12-28)10-25-20(27)30-13-19(29)26-17-8-6-16(7-9-17)21(22,23)24/h2-10,28H,11-13H2,1H3,(H,26,29). The molecule has 0 unspecified atom stereocenters. The summed E-state index contributed by atoms with van der Waals surface area (Å²) in [5.74, 6) is -0.341. The Labute approximate surface area is 175 Å². The van der Waals surface area contributed by atoms with Gasteiger partial charge < -0.3 is 15.0 Å². The van der Waals surface area contributed by atoms with E-state index in [1.165, 1.54) is 23.9 Å². The monoisotopic (exact) mass is 435 g/mol. The fraction of sp³-hybridized carbons (Fsp3) is 0.238. The van der Waals surface area contributed by atoms with Gasteiger partial charge >= 0.3 is 6.18 Å². The Morgan fingerprint density at radius 3 is 2.40 bits per heavy atom. The highest BCUT2D eigenvalue weighted by atomic mass is 32.2. The fourth-order valence-corrected chi connectivity index (χ4v) is 3.55. The molecular formula is C21H20F3N3O2S. The summed E-state index contributed by atoms with van der Waals surface area (Å²) in [6, 6.07) is 12.2. The summed E-state index contributed by atoms with van der Waals surface area (Å²) in [6.45, 7) is 2.31. The Kier molecular flexibility index (Phi) is 6.84. The third kappa shape index (κ3) is 5.64. The van der Waals surface area contributed by atoms with Crippen LogP contribution in [0.1, 0.15) is 22.4 Å². The number of aromatic nitrogens is 2. The summed E-state index contributed by atoms with van der Waals surface area (Å²) in [6.07, 6.45) is -2.86. The highest BCUT2D eigenvalue weighted by Gasteiger charge is 2.30. The highest BCUT2D eigenvalue weighted by molar-refractivity contribution is 7.99. The number of aliphatic hydroxyl groups is 1. The molecule has 9 heteroatoms. The summed E-state index contributed by atoms with van der Waals surface area (Å²) in [5.41, 5.74) is 2.31. The lowest BCUT2D eigenvalue weighted by Crippen LogP contribution is -2.15. The zero-order valence-electron chi connectivity index (χ0n) is 16.1. The molecule has 0 radical (unpaired) electrons. The topological polar surface area (TPSA) is 67.1 Å². The predicted octanol–water partition coefficient (Wildman–Crippen LogP) is 4.48. The van der Waals surface area contributed by atoms with Crippen LogP contribution >= 0.6 is 11.8 Å². The molecule has 1 amide bonds. The van der Waals surface area contributed by atoms with Crippen molar-refractivity contribution in [3.05, 3.63) is 77.1 Å². The van der Waals surface area contributed by atoms with Gasteiger partial charge in [0.15, 0.2) is 5.16 Å². The summed E-state index contributed by atoms with van der Waals surface area (Å²) < 4.78 is 39.7. The molecule has 1 heterocycles. The molecule has 3 rings (SSSR count). The number of thioether (sulfide) groups is 1. The van der Waals surface area contributed by atoms with Crippen molar-refractivity contribution >= 4 is 23.4 Å². The van der Waals surface area contributed by atoms with Gasteiger partial charge in [0.05, 0.1) is 29.8 Å². The van der Waals surface area contributed by atoms with Gasteiger partial charge in [0.2, 0.25) is 5.91 Å². The maximum absolute atomic E-state index is 12.6. The summed E-state index contributed by atoms with van der Waals surface area (Å²) in [5, 5.41) is 12.7. The van der Waals surface area contributed by atoms with Crippen molar-refractivity contribution in [1.82, 2.24) is 9.55 Å². The number of halogens is 3. The second-order valence-corrected chi connectivity index (χ2v) is 7.62. The number of nitrogens with one attached hydrogen (secondary N) is 1. The molecule has 0 fully saturated rings. The minimum Gasteiger partial charge on any atom is -0.390 e. The number of anilines is 1. The Balaban J connectivity index is 1.63. The maximum Gasteiger partial charge on any atom is 0.416 e. The molecule has 3 aromatic rings. The van der Waals surface area contributed by atoms with Gasteiger partial charge in [-0.15, -0.1) is 0 Å². The first-order valence-corrected chi connectivity index (χ1v) is 10.1. The molecule has 0 spiro atoms. The van der Waals surface area contributed by atoms with Gasteiger partial charge in [-0.05, 0) is 36.8 Å². The van der Waals surface area contributed by atoms with Crippen LogP contribution in [0.3, 0.4) is 0 Å². The molecule has 0 saturated heterocycles. The fourth-order valence-electron chi connectivity index (χ4n) is 2.75. The van der Waals surface area contributed by atoms with E-state index in [1.54, 1.807) is 6.20 Å². The number of hydrogen-bond donors (Lipinski definition) is 2. The van der Waals surface area contributed by atoms with Crippen LogP contribution in [0.25, 0.3) is 0 Å². The van der Waals surface area contributed by atoms with Crippen LogP contribution in [-0.4, -0.2) is 26.3 Å². The quantitative estimate of drug-likeness (QED) is 0.537. The Morgan fingerprint density at radius 2 is 1.80 bits per heavy atom. The number of hydrogen-bond acceptors (Lipinski definition) is 4. The van der Waals surface area contributed by atoms with Crippen LogP contribution in [0.2, 0.25) is 0 Å². The zero-order valence-corrected chi connectivity index (χ0v) is 16.9. The second-order valence-electron chi connectivity index (χ2n) is 6.67. The molecule has 0 bridgehead atoms. The van der Waals surface area contributed by atoms with Gasteiger partial charge in [-0.2, -0.15) is 13.2 Å². The van der Waals surface area contributed by atoms with Crippen LogP contribution in [0.5, 0.6) is 0 Å². The van der Waals surface area contributed by atoms with Gasteiger partial charge in [-0.25, -0.2) is 4.98 Å². The molecule has 0 atom stereocenters. The number of aliphatic hydroxyl groups excluding tert-OH is 1. The van der Waals surface area contributed by atoms with Crippen LogP contribution in [0.4, 0.5) is 18.9 Å². The van der Waals surface area contributed by atoms with Crippen LogP contribution in [-0.2, 0) is 24.1 Å². The van der Waals surface area contributed by atoms with E-state index in [1.807, 2.05) is 35.8 Å². The van der Waals surface area contributed by atoms with Crippen molar-refractivity contribution in [2.75, 3.05) is 11.1 Å². The number of rotatable bonds is 7. The number of nitrogens with zero attached hydrogens (tertiary/aromatic N) is 2. The molecule has 2 aromatic carbocycles. The number of alkyl halides is 3. The van der Waals surface area contributed by atoms with Crippen molar-refractivity contribution in [3.8, 4) is 0 Å². The van der Waals surface area contributed by atoms with Crippen molar-refractivity contribution in [1.29, 1.82) is 0 Å². The Bertz CT molecular complexity index is 1000. The lowest BCUT2D eigenvalue weighted by Gasteiger charge is -2.11. The lowest BCUT2D eigenvalue weighted by molar-refractivity contribution is -0.137. The van der Waals surface area contributed by atoms with E-state index in [2.05, 4.69) is 10.3 Å². The normalized spacial score (nSPS) is 11.5. The largest absolute Gasteiger partial charge is 0.416 e. The van der Waals surface area contributed by atoms with Gasteiger partial charge in [0.25, 0.3) is 0 Å². The predicted molar refractivity (Wildman–Crippen MR) is 109 cm³/mol. The number of benzene rings is 2. The van der Waals surface area contributed by atoms with Crippen molar-refractivity contribution in [2.45, 2.75) is 31.4 Å². The second kappa shape index (κ2) is 9.36. The molecule has 0 aliphatic carbocycles. The third-order valence-corrected chi connectivity index (χ3v) is 5.34. The van der Waals surface area contributed by atoms with Crippen LogP contribution in [0, 0.1) is 6.92 Å². The summed E-state index contributed by atoms with van der Waals surface area (Å²) in [7, 11) is 0. The molecule has 0 aliphatic rings. The Morgan fingerprint density at radius 1 is 1.13 bits per heavy atom. The first-order valence-electron chi connectivity index (χ1n) is 9.07. The molecule has 1 aromatic heterocycles. The maximum atomic E-state index is 12.6. The smallest absolute Gasteiger partial charge is 0.390 e. The molecular weight excluding hydrogens is 415 g/mol. The van der Waals surface area contributed by atoms with E-state index in [-0.39, 0.29) is 24.0 Å². The van der Waals surface area contributed by atoms with E-state index in [0.717, 1.165) is 23.3 Å². The number of imidazole rings is 1. The van der Waals surface area contributed by atoms with Gasteiger partial charge in [-0.3, -0.25) is 4.79 Å². The van der Waals surface area contributed by atoms with Crippen LogP contribution in [0.15, 0.2) is 59.9 Å². The van der Waals surface area contributed by atoms with Gasteiger partial charge in [0, 0.05) is 12.2 Å². The number of aryl methyl sites for hydroxylation is 1. The van der Waals surface area contributed by atoms with Gasteiger partial charge in [0.1, 0.15) is 0 Å². The summed E-state index contributed by atoms with van der Waals surface area (Å²) in [4.78, 5) is 16.5. The molecule has 5 nitrogen and oxygen atoms in total. The van der Waals surface area contributed by atoms with Crippen LogP contribution < -0.4 is 5.32 Å². The first kappa shape index (κ1) is 21.9. The molecule has 30 heavy (non-hydrogen) atoms. The minimum atomic E-state index is -4.42. The molecule has 0 saturated carbocycles. The van der Waals surface area contributed by atoms with E-state index in [0.29, 0.717) is 17.4 Å². The van der Waals surface area contributed by atoms with Crippen molar-refractivity contribution < 1.29 is 23.1 Å². The Hall–Kier alpha value is -2.78. The lowest BCUT2D eigenvalue weighted by atomic mass is 10.1. The van der Waals surface area contributed by atoms with E-state index in [4.69, 9.17) is 0 Å². The van der Waals surface area contributed by atoms with Crippen molar-refractivity contribution in [2.24, 2.45) is 0 Å². The summed E-state index contributed by atoms with van der Waals surface area (Å²) >= 11 is 1.19. The highest BCUT2D eigenvalue weighted by Crippen LogP contribution is 2.30.